The van der Waals surface area contributed by atoms with Crippen LogP contribution in [-0.4, -0.2) is 6.54 Å². The van der Waals surface area contributed by atoms with E-state index in [1.807, 2.05) is 0 Å². The summed E-state index contributed by atoms with van der Waals surface area (Å²) in [4.78, 5) is 0. The molecular formula is C12H17NS. The lowest BCUT2D eigenvalue weighted by molar-refractivity contribution is 0.777. The van der Waals surface area contributed by atoms with Crippen molar-refractivity contribution in [3.05, 3.63) is 29.3 Å². The van der Waals surface area contributed by atoms with Crippen molar-refractivity contribution in [2.45, 2.75) is 31.4 Å². The molecule has 1 aliphatic rings. The first-order valence-electron chi connectivity index (χ1n) is 5.17. The van der Waals surface area contributed by atoms with Crippen LogP contribution >= 0.6 is 12.6 Å². The van der Waals surface area contributed by atoms with Gasteiger partial charge in [-0.3, -0.25) is 0 Å². The van der Waals surface area contributed by atoms with E-state index in [4.69, 9.17) is 0 Å². The fraction of sp³-hybridized carbons (Fsp3) is 0.500. The number of thiol groups is 1. The molecular weight excluding hydrogens is 190 g/mol. The van der Waals surface area contributed by atoms with Gasteiger partial charge in [0, 0.05) is 17.0 Å². The highest BCUT2D eigenvalue weighted by Crippen LogP contribution is 2.31. The highest BCUT2D eigenvalue weighted by atomic mass is 32.1. The van der Waals surface area contributed by atoms with Gasteiger partial charge in [0.1, 0.15) is 0 Å². The molecule has 0 aromatic heterocycles. The fourth-order valence-electron chi connectivity index (χ4n) is 1.86. The van der Waals surface area contributed by atoms with Gasteiger partial charge in [0.15, 0.2) is 0 Å². The molecule has 1 nitrogen and oxygen atoms in total. The van der Waals surface area contributed by atoms with Crippen molar-refractivity contribution in [3.8, 4) is 0 Å². The molecule has 0 unspecified atom stereocenters. The van der Waals surface area contributed by atoms with E-state index in [9.17, 15) is 0 Å². The van der Waals surface area contributed by atoms with Crippen LogP contribution in [0.1, 0.15) is 31.4 Å². The largest absolute Gasteiger partial charge is 0.385 e. The molecule has 1 heterocycles. The Bertz CT molecular complexity index is 339. The van der Waals surface area contributed by atoms with Crippen molar-refractivity contribution in [2.24, 2.45) is 0 Å². The second-order valence-electron chi connectivity index (χ2n) is 4.46. The highest BCUT2D eigenvalue weighted by Gasteiger charge is 2.17. The van der Waals surface area contributed by atoms with E-state index in [1.54, 1.807) is 0 Å². The van der Waals surface area contributed by atoms with Gasteiger partial charge in [0.2, 0.25) is 0 Å². The quantitative estimate of drug-likeness (QED) is 0.674. The summed E-state index contributed by atoms with van der Waals surface area (Å²) in [6.07, 6.45) is 2.43. The lowest BCUT2D eigenvalue weighted by atomic mass is 9.95. The minimum Gasteiger partial charge on any atom is -0.385 e. The van der Waals surface area contributed by atoms with Gasteiger partial charge in [-0.2, -0.15) is 12.6 Å². The van der Waals surface area contributed by atoms with Gasteiger partial charge in [0.25, 0.3) is 0 Å². The molecule has 0 saturated heterocycles. The van der Waals surface area contributed by atoms with Gasteiger partial charge in [-0.25, -0.2) is 0 Å². The minimum absolute atomic E-state index is 0.0352. The minimum atomic E-state index is -0.0352. The zero-order chi connectivity index (χ0) is 10.2. The zero-order valence-corrected chi connectivity index (χ0v) is 9.70. The Labute approximate surface area is 91.3 Å². The normalized spacial score (nSPS) is 15.9. The second kappa shape index (κ2) is 3.50. The fourth-order valence-corrected chi connectivity index (χ4v) is 1.99. The molecule has 0 atom stereocenters. The summed E-state index contributed by atoms with van der Waals surface area (Å²) in [6.45, 7) is 5.37. The van der Waals surface area contributed by atoms with E-state index in [-0.39, 0.29) is 4.75 Å². The maximum absolute atomic E-state index is 4.59. The zero-order valence-electron chi connectivity index (χ0n) is 8.80. The molecule has 1 aromatic rings. The van der Waals surface area contributed by atoms with Crippen LogP contribution in [0.5, 0.6) is 0 Å². The molecule has 1 aliphatic heterocycles. The van der Waals surface area contributed by atoms with Crippen LogP contribution < -0.4 is 5.32 Å². The Morgan fingerprint density at radius 1 is 1.36 bits per heavy atom. The van der Waals surface area contributed by atoms with Gasteiger partial charge in [0.05, 0.1) is 0 Å². The topological polar surface area (TPSA) is 12.0 Å². The number of aryl methyl sites for hydroxylation is 1. The lowest BCUT2D eigenvalue weighted by Gasteiger charge is -2.23. The van der Waals surface area contributed by atoms with Crippen LogP contribution in [0.4, 0.5) is 5.69 Å². The Kier molecular flexibility index (Phi) is 2.48. The summed E-state index contributed by atoms with van der Waals surface area (Å²) in [5, 5.41) is 3.42. The number of fused-ring (bicyclic) bond motifs is 1. The molecule has 0 aliphatic carbocycles. The van der Waals surface area contributed by atoms with E-state index in [0.29, 0.717) is 0 Å². The van der Waals surface area contributed by atoms with E-state index in [1.165, 1.54) is 29.7 Å². The Morgan fingerprint density at radius 2 is 2.14 bits per heavy atom. The van der Waals surface area contributed by atoms with Crippen LogP contribution in [0, 0.1) is 0 Å². The van der Waals surface area contributed by atoms with Crippen LogP contribution in [0.3, 0.4) is 0 Å². The summed E-state index contributed by atoms with van der Waals surface area (Å²) in [7, 11) is 0. The van der Waals surface area contributed by atoms with Crippen LogP contribution in [-0.2, 0) is 11.2 Å². The molecule has 1 N–H and O–H groups in total. The number of anilines is 1. The smallest absolute Gasteiger partial charge is 0.0372 e. The third kappa shape index (κ3) is 1.90. The summed E-state index contributed by atoms with van der Waals surface area (Å²) in [5.74, 6) is 0. The first-order valence-corrected chi connectivity index (χ1v) is 5.62. The molecule has 0 radical (unpaired) electrons. The van der Waals surface area contributed by atoms with Crippen LogP contribution in [0.25, 0.3) is 0 Å². The number of hydrogen-bond acceptors (Lipinski definition) is 2. The van der Waals surface area contributed by atoms with Gasteiger partial charge in [-0.1, -0.05) is 12.1 Å². The van der Waals surface area contributed by atoms with Gasteiger partial charge in [-0.05, 0) is 43.9 Å². The molecule has 2 heteroatoms. The molecule has 76 valence electrons. The van der Waals surface area contributed by atoms with Crippen molar-refractivity contribution in [2.75, 3.05) is 11.9 Å². The third-order valence-electron chi connectivity index (χ3n) is 2.75. The average Bonchev–Trinajstić information content (AvgIpc) is 2.16. The highest BCUT2D eigenvalue weighted by molar-refractivity contribution is 7.81. The summed E-state index contributed by atoms with van der Waals surface area (Å²) in [6, 6.07) is 6.64. The number of benzene rings is 1. The molecule has 2 rings (SSSR count). The predicted octanol–water partition coefficient (Wildman–Crippen LogP) is 3.21. The molecule has 14 heavy (non-hydrogen) atoms. The maximum Gasteiger partial charge on any atom is 0.0372 e. The number of nitrogens with one attached hydrogen (secondary N) is 1. The van der Waals surface area contributed by atoms with E-state index < -0.39 is 0 Å². The van der Waals surface area contributed by atoms with E-state index in [2.05, 4.69) is 50.0 Å². The van der Waals surface area contributed by atoms with Crippen molar-refractivity contribution in [1.29, 1.82) is 0 Å². The van der Waals surface area contributed by atoms with Gasteiger partial charge >= 0.3 is 0 Å². The SMILES string of the molecule is CC(C)(S)c1ccc2c(c1)CCCN2. The molecule has 0 saturated carbocycles. The molecule has 0 amide bonds. The van der Waals surface area contributed by atoms with E-state index in [0.717, 1.165) is 6.54 Å². The summed E-state index contributed by atoms with van der Waals surface area (Å²) in [5.41, 5.74) is 4.05. The monoisotopic (exact) mass is 207 g/mol. The van der Waals surface area contributed by atoms with Crippen molar-refractivity contribution >= 4 is 18.3 Å². The average molecular weight is 207 g/mol. The van der Waals surface area contributed by atoms with Crippen molar-refractivity contribution in [3.63, 3.8) is 0 Å². The number of hydrogen-bond donors (Lipinski definition) is 2. The Balaban J connectivity index is 2.39. The van der Waals surface area contributed by atoms with Crippen LogP contribution in [0.15, 0.2) is 18.2 Å². The lowest BCUT2D eigenvalue weighted by Crippen LogP contribution is -2.14. The van der Waals surface area contributed by atoms with Gasteiger partial charge in [-0.15, -0.1) is 0 Å². The van der Waals surface area contributed by atoms with Crippen LogP contribution in [0.2, 0.25) is 0 Å². The number of rotatable bonds is 1. The summed E-state index contributed by atoms with van der Waals surface area (Å²) >= 11 is 4.59. The van der Waals surface area contributed by atoms with E-state index >= 15 is 0 Å². The van der Waals surface area contributed by atoms with Gasteiger partial charge < -0.3 is 5.32 Å². The van der Waals surface area contributed by atoms with Crippen molar-refractivity contribution in [1.82, 2.24) is 0 Å². The molecule has 0 bridgehead atoms. The standard InChI is InChI=1S/C12H17NS/c1-12(2,14)10-5-6-11-9(8-10)4-3-7-13-11/h5-6,8,13-14H,3-4,7H2,1-2H3. The Hall–Kier alpha value is -0.630. The first-order chi connectivity index (χ1) is 6.57. The Morgan fingerprint density at radius 3 is 2.86 bits per heavy atom. The summed E-state index contributed by atoms with van der Waals surface area (Å²) < 4.78 is -0.0352. The predicted molar refractivity (Wildman–Crippen MR) is 65.3 cm³/mol. The van der Waals surface area contributed by atoms with Crippen molar-refractivity contribution < 1.29 is 0 Å². The second-order valence-corrected chi connectivity index (χ2v) is 5.58. The first kappa shape index (κ1) is 9.91. The molecule has 1 aromatic carbocycles. The molecule has 0 fully saturated rings. The maximum atomic E-state index is 4.59. The molecule has 0 spiro atoms. The third-order valence-corrected chi connectivity index (χ3v) is 3.01.